The van der Waals surface area contributed by atoms with E-state index < -0.39 is 0 Å². The molecular formula is C13H22. The van der Waals surface area contributed by atoms with Gasteiger partial charge in [0.15, 0.2) is 0 Å². The van der Waals surface area contributed by atoms with Crippen LogP contribution < -0.4 is 0 Å². The molecule has 0 nitrogen and oxygen atoms in total. The van der Waals surface area contributed by atoms with Crippen molar-refractivity contribution in [2.75, 3.05) is 0 Å². The van der Waals surface area contributed by atoms with E-state index in [1.165, 1.54) is 57.8 Å². The minimum absolute atomic E-state index is 1.23. The van der Waals surface area contributed by atoms with E-state index in [0.29, 0.717) is 0 Å². The standard InChI is InChI=1S/C13H22/c1-2-4-6-8-10-12-13-11-9-7-5-3-1/h1-2,7,9H,3-6,8,10-13H2/b2-1-,9-7+. The lowest BCUT2D eigenvalue weighted by atomic mass is 10.1. The summed E-state index contributed by atoms with van der Waals surface area (Å²) in [5, 5.41) is 0. The van der Waals surface area contributed by atoms with Gasteiger partial charge in [-0.15, -0.1) is 0 Å². The molecule has 0 aromatic carbocycles. The molecule has 0 heteroatoms. The smallest absolute Gasteiger partial charge is 0.0316 e. The van der Waals surface area contributed by atoms with Gasteiger partial charge in [-0.1, -0.05) is 43.6 Å². The molecule has 0 aliphatic heterocycles. The first-order valence-electron chi connectivity index (χ1n) is 5.80. The van der Waals surface area contributed by atoms with Crippen molar-refractivity contribution in [1.82, 2.24) is 0 Å². The van der Waals surface area contributed by atoms with Gasteiger partial charge in [0.05, 0.1) is 0 Å². The van der Waals surface area contributed by atoms with E-state index in [0.717, 1.165) is 0 Å². The third kappa shape index (κ3) is 6.62. The number of rotatable bonds is 0. The second-order valence-corrected chi connectivity index (χ2v) is 3.87. The molecule has 74 valence electrons. The molecule has 0 fully saturated rings. The molecule has 0 atom stereocenters. The van der Waals surface area contributed by atoms with Crippen LogP contribution >= 0.6 is 0 Å². The first kappa shape index (κ1) is 10.6. The predicted molar refractivity (Wildman–Crippen MR) is 59.8 cm³/mol. The van der Waals surface area contributed by atoms with Gasteiger partial charge in [0.2, 0.25) is 0 Å². The number of allylic oxidation sites excluding steroid dienone is 4. The normalized spacial score (nSPS) is 26.5. The second-order valence-electron chi connectivity index (χ2n) is 3.87. The lowest BCUT2D eigenvalue weighted by Crippen LogP contribution is -1.77. The monoisotopic (exact) mass is 178 g/mol. The zero-order valence-electron chi connectivity index (χ0n) is 8.67. The molecule has 0 amide bonds. The summed E-state index contributed by atoms with van der Waals surface area (Å²) in [4.78, 5) is 0. The summed E-state index contributed by atoms with van der Waals surface area (Å²) >= 11 is 0. The highest BCUT2D eigenvalue weighted by atomic mass is 14.0. The molecule has 0 bridgehead atoms. The van der Waals surface area contributed by atoms with Crippen molar-refractivity contribution in [3.05, 3.63) is 24.3 Å². The van der Waals surface area contributed by atoms with Crippen LogP contribution in [0.3, 0.4) is 0 Å². The molecule has 1 aliphatic carbocycles. The highest BCUT2D eigenvalue weighted by molar-refractivity contribution is 4.88. The molecule has 0 radical (unpaired) electrons. The van der Waals surface area contributed by atoms with Gasteiger partial charge >= 0.3 is 0 Å². The zero-order chi connectivity index (χ0) is 9.19. The van der Waals surface area contributed by atoms with Gasteiger partial charge in [0, 0.05) is 0 Å². The number of hydrogen-bond acceptors (Lipinski definition) is 0. The zero-order valence-corrected chi connectivity index (χ0v) is 8.67. The van der Waals surface area contributed by atoms with Crippen LogP contribution in [0.2, 0.25) is 0 Å². The molecule has 0 aromatic rings. The van der Waals surface area contributed by atoms with Crippen molar-refractivity contribution in [3.8, 4) is 0 Å². The van der Waals surface area contributed by atoms with Crippen molar-refractivity contribution in [2.45, 2.75) is 57.8 Å². The van der Waals surface area contributed by atoms with Gasteiger partial charge in [-0.05, 0) is 38.5 Å². The van der Waals surface area contributed by atoms with Crippen molar-refractivity contribution < 1.29 is 0 Å². The van der Waals surface area contributed by atoms with E-state index in [2.05, 4.69) is 24.3 Å². The molecular weight excluding hydrogens is 156 g/mol. The van der Waals surface area contributed by atoms with Gasteiger partial charge in [0.1, 0.15) is 0 Å². The maximum Gasteiger partial charge on any atom is -0.0316 e. The average Bonchev–Trinajstić information content (AvgIpc) is 2.18. The molecule has 0 saturated carbocycles. The lowest BCUT2D eigenvalue weighted by molar-refractivity contribution is 0.622. The molecule has 1 aliphatic rings. The van der Waals surface area contributed by atoms with Gasteiger partial charge < -0.3 is 0 Å². The topological polar surface area (TPSA) is 0 Å². The van der Waals surface area contributed by atoms with Gasteiger partial charge in [-0.3, -0.25) is 0 Å². The minimum atomic E-state index is 1.23. The molecule has 0 heterocycles. The summed E-state index contributed by atoms with van der Waals surface area (Å²) in [6, 6.07) is 0. The fourth-order valence-corrected chi connectivity index (χ4v) is 1.72. The summed E-state index contributed by atoms with van der Waals surface area (Å²) < 4.78 is 0. The number of hydrogen-bond donors (Lipinski definition) is 0. The Labute approximate surface area is 82.7 Å². The Morgan fingerprint density at radius 3 is 1.31 bits per heavy atom. The van der Waals surface area contributed by atoms with E-state index in [9.17, 15) is 0 Å². The average molecular weight is 178 g/mol. The van der Waals surface area contributed by atoms with E-state index in [-0.39, 0.29) is 0 Å². The Bertz CT molecular complexity index is 135. The Hall–Kier alpha value is -0.520. The van der Waals surface area contributed by atoms with E-state index in [1.807, 2.05) is 0 Å². The van der Waals surface area contributed by atoms with Crippen LogP contribution in [-0.2, 0) is 0 Å². The van der Waals surface area contributed by atoms with Crippen LogP contribution in [0.15, 0.2) is 24.3 Å². The molecule has 0 unspecified atom stereocenters. The SMILES string of the molecule is C1=C\CCCCCCC/C=C/CC/1. The van der Waals surface area contributed by atoms with Gasteiger partial charge in [-0.25, -0.2) is 0 Å². The van der Waals surface area contributed by atoms with Crippen LogP contribution in [0, 0.1) is 0 Å². The van der Waals surface area contributed by atoms with E-state index in [4.69, 9.17) is 0 Å². The van der Waals surface area contributed by atoms with Crippen molar-refractivity contribution in [3.63, 3.8) is 0 Å². The molecule has 0 N–H and O–H groups in total. The lowest BCUT2D eigenvalue weighted by Gasteiger charge is -1.97. The fourth-order valence-electron chi connectivity index (χ4n) is 1.72. The first-order valence-corrected chi connectivity index (χ1v) is 5.80. The summed E-state index contributed by atoms with van der Waals surface area (Å²) in [7, 11) is 0. The molecule has 0 spiro atoms. The largest absolute Gasteiger partial charge is 0.0885 e. The Kier molecular flexibility index (Phi) is 6.58. The van der Waals surface area contributed by atoms with E-state index >= 15 is 0 Å². The van der Waals surface area contributed by atoms with Crippen LogP contribution in [0.4, 0.5) is 0 Å². The van der Waals surface area contributed by atoms with Gasteiger partial charge in [0.25, 0.3) is 0 Å². The molecule has 0 saturated heterocycles. The first-order chi connectivity index (χ1) is 6.50. The van der Waals surface area contributed by atoms with Crippen molar-refractivity contribution >= 4 is 0 Å². The Balaban J connectivity index is 2.18. The Morgan fingerprint density at radius 1 is 0.385 bits per heavy atom. The van der Waals surface area contributed by atoms with Crippen LogP contribution in [0.25, 0.3) is 0 Å². The predicted octanol–water partition coefficient (Wildman–Crippen LogP) is 4.62. The highest BCUT2D eigenvalue weighted by Gasteiger charge is 1.89. The summed E-state index contributed by atoms with van der Waals surface area (Å²) in [5.74, 6) is 0. The molecule has 1 rings (SSSR count). The Morgan fingerprint density at radius 2 is 0.769 bits per heavy atom. The third-order valence-electron chi connectivity index (χ3n) is 2.57. The van der Waals surface area contributed by atoms with Gasteiger partial charge in [-0.2, -0.15) is 0 Å². The van der Waals surface area contributed by atoms with Crippen LogP contribution in [0.5, 0.6) is 0 Å². The van der Waals surface area contributed by atoms with Crippen molar-refractivity contribution in [1.29, 1.82) is 0 Å². The molecule has 0 aromatic heterocycles. The van der Waals surface area contributed by atoms with Crippen LogP contribution in [0.1, 0.15) is 57.8 Å². The van der Waals surface area contributed by atoms with E-state index in [1.54, 1.807) is 0 Å². The highest BCUT2D eigenvalue weighted by Crippen LogP contribution is 2.09. The quantitative estimate of drug-likeness (QED) is 0.475. The summed E-state index contributed by atoms with van der Waals surface area (Å²) in [6.07, 6.45) is 21.5. The van der Waals surface area contributed by atoms with Crippen LogP contribution in [-0.4, -0.2) is 0 Å². The second kappa shape index (κ2) is 8.10. The fraction of sp³-hybridized carbons (Fsp3) is 0.692. The summed E-state index contributed by atoms with van der Waals surface area (Å²) in [6.45, 7) is 0. The minimum Gasteiger partial charge on any atom is -0.0885 e. The van der Waals surface area contributed by atoms with Crippen molar-refractivity contribution in [2.24, 2.45) is 0 Å². The molecule has 13 heavy (non-hydrogen) atoms. The maximum absolute atomic E-state index is 2.35. The summed E-state index contributed by atoms with van der Waals surface area (Å²) in [5.41, 5.74) is 0. The third-order valence-corrected chi connectivity index (χ3v) is 2.57. The maximum atomic E-state index is 2.35.